The van der Waals surface area contributed by atoms with E-state index >= 15 is 0 Å². The molecule has 19 heavy (non-hydrogen) atoms. The molecule has 0 aliphatic heterocycles. The second-order valence-electron chi connectivity index (χ2n) is 4.06. The molecule has 0 radical (unpaired) electrons. The molecule has 0 aliphatic carbocycles. The Labute approximate surface area is 125 Å². The van der Waals surface area contributed by atoms with Gasteiger partial charge < -0.3 is 19.9 Å². The zero-order chi connectivity index (χ0) is 20.0. The zero-order valence-electron chi connectivity index (χ0n) is 18.0. The van der Waals surface area contributed by atoms with Crippen molar-refractivity contribution in [2.75, 3.05) is 26.9 Å². The van der Waals surface area contributed by atoms with Gasteiger partial charge in [-0.2, -0.15) is 0 Å². The molecular weight excluding hydrogens is 242 g/mol. The predicted octanol–water partition coefficient (Wildman–Crippen LogP) is 1.61. The lowest BCUT2D eigenvalue weighted by Crippen LogP contribution is -2.35. The van der Waals surface area contributed by atoms with E-state index in [9.17, 15) is 5.11 Å². The van der Waals surface area contributed by atoms with Crippen LogP contribution in [0.2, 0.25) is 0 Å². The van der Waals surface area contributed by atoms with E-state index < -0.39 is 39.0 Å². The third-order valence-electron chi connectivity index (χ3n) is 2.43. The maximum absolute atomic E-state index is 10.0. The fourth-order valence-electron chi connectivity index (χ4n) is 1.41. The van der Waals surface area contributed by atoms with Crippen LogP contribution in [0.3, 0.4) is 0 Å². The van der Waals surface area contributed by atoms with Gasteiger partial charge in [-0.25, -0.2) is 0 Å². The van der Waals surface area contributed by atoms with Crippen molar-refractivity contribution in [2.45, 2.75) is 32.2 Å². The molecule has 4 heteroatoms. The summed E-state index contributed by atoms with van der Waals surface area (Å²) in [6.45, 7) is -6.01. The number of hydrogen-bond donors (Lipinski definition) is 2. The molecule has 108 valence electrons. The Morgan fingerprint density at radius 1 is 1.37 bits per heavy atom. The fourth-order valence-corrected chi connectivity index (χ4v) is 1.41. The van der Waals surface area contributed by atoms with Gasteiger partial charge in [0.15, 0.2) is 0 Å². The van der Waals surface area contributed by atoms with E-state index in [0.717, 1.165) is 12.0 Å². The monoisotopic (exact) mass is 274 g/mol. The first kappa shape index (κ1) is 8.25. The largest absolute Gasteiger partial charge is 0.491 e. The van der Waals surface area contributed by atoms with Crippen LogP contribution >= 0.6 is 0 Å². The maximum atomic E-state index is 10.0. The van der Waals surface area contributed by atoms with Crippen molar-refractivity contribution in [3.8, 4) is 5.75 Å². The molecule has 0 bridgehead atoms. The Hall–Kier alpha value is -1.10. The van der Waals surface area contributed by atoms with Crippen molar-refractivity contribution in [3.05, 3.63) is 29.8 Å². The molecule has 0 fully saturated rings. The van der Waals surface area contributed by atoms with Crippen molar-refractivity contribution in [1.82, 2.24) is 5.32 Å². The van der Waals surface area contributed by atoms with Crippen molar-refractivity contribution >= 4 is 0 Å². The highest BCUT2D eigenvalue weighted by Crippen LogP contribution is 2.12. The molecule has 1 aromatic rings. The summed E-state index contributed by atoms with van der Waals surface area (Å²) in [4.78, 5) is 0. The van der Waals surface area contributed by atoms with E-state index in [1.165, 1.54) is 0 Å². The summed E-state index contributed by atoms with van der Waals surface area (Å²) in [6.07, 6.45) is -1.45. The van der Waals surface area contributed by atoms with Gasteiger partial charge in [0.25, 0.3) is 0 Å². The second-order valence-corrected chi connectivity index (χ2v) is 4.06. The lowest BCUT2D eigenvalue weighted by atomic mass is 10.1. The van der Waals surface area contributed by atoms with Crippen LogP contribution in [0.1, 0.15) is 28.9 Å². The topological polar surface area (TPSA) is 50.7 Å². The Bertz CT molecular complexity index is 530. The number of hydrogen-bond acceptors (Lipinski definition) is 4. The number of rotatable bonds is 9. The number of methoxy groups -OCH3 is 1. The van der Waals surface area contributed by atoms with Gasteiger partial charge in [-0.1, -0.05) is 25.8 Å². The van der Waals surface area contributed by atoms with E-state index in [4.69, 9.17) is 19.1 Å². The standard InChI is InChI=1S/C15H25NO3/c1-12(2)16-10-14(17)11-19-15-6-4-13(5-7-15)8-9-18-3/h4-7,12,14,16-17H,8-11H2,1-3H3/i1D3,2D3,14D. The van der Waals surface area contributed by atoms with Crippen molar-refractivity contribution in [3.63, 3.8) is 0 Å². The molecule has 4 nitrogen and oxygen atoms in total. The zero-order valence-corrected chi connectivity index (χ0v) is 11.0. The average Bonchev–Trinajstić information content (AvgIpc) is 2.49. The predicted molar refractivity (Wildman–Crippen MR) is 76.7 cm³/mol. The Kier molecular flexibility index (Phi) is 3.87. The van der Waals surface area contributed by atoms with Crippen molar-refractivity contribution in [2.24, 2.45) is 0 Å². The van der Waals surface area contributed by atoms with Crippen molar-refractivity contribution < 1.29 is 24.2 Å². The molecule has 0 saturated carbocycles. The number of aliphatic hydroxyl groups is 1. The van der Waals surface area contributed by atoms with Crippen LogP contribution in [-0.4, -0.2) is 44.1 Å². The van der Waals surface area contributed by atoms with Crippen molar-refractivity contribution in [1.29, 1.82) is 0 Å². The minimum absolute atomic E-state index is 0.431. The smallest absolute Gasteiger partial charge is 0.119 e. The number of ether oxygens (including phenoxy) is 2. The Balaban J connectivity index is 2.57. The molecule has 0 aromatic heterocycles. The van der Waals surface area contributed by atoms with Gasteiger partial charge in [-0.15, -0.1) is 0 Å². The molecule has 1 unspecified atom stereocenters. The third kappa shape index (κ3) is 7.15. The van der Waals surface area contributed by atoms with Gasteiger partial charge >= 0.3 is 0 Å². The highest BCUT2D eigenvalue weighted by atomic mass is 16.5. The summed E-state index contributed by atoms with van der Waals surface area (Å²) in [5, 5.41) is 12.3. The quantitative estimate of drug-likeness (QED) is 0.718. The van der Waals surface area contributed by atoms with Gasteiger partial charge in [-0.05, 0) is 24.1 Å². The van der Waals surface area contributed by atoms with E-state index in [-0.39, 0.29) is 0 Å². The first-order valence-corrected chi connectivity index (χ1v) is 6.01. The molecule has 0 spiro atoms. The lowest BCUT2D eigenvalue weighted by molar-refractivity contribution is 0.104. The van der Waals surface area contributed by atoms with Gasteiger partial charge in [0, 0.05) is 27.9 Å². The minimum Gasteiger partial charge on any atom is -0.491 e. The molecule has 1 rings (SSSR count). The highest BCUT2D eigenvalue weighted by Gasteiger charge is 2.05. The van der Waals surface area contributed by atoms with Gasteiger partial charge in [0.1, 0.15) is 18.4 Å². The average molecular weight is 274 g/mol. The van der Waals surface area contributed by atoms with E-state index in [1.54, 1.807) is 19.2 Å². The van der Waals surface area contributed by atoms with Crippen LogP contribution in [0.5, 0.6) is 5.75 Å². The van der Waals surface area contributed by atoms with Gasteiger partial charge in [-0.3, -0.25) is 0 Å². The second kappa shape index (κ2) is 8.91. The minimum atomic E-state index is -2.79. The van der Waals surface area contributed by atoms with Crippen LogP contribution in [0, 0.1) is 0 Å². The SMILES string of the molecule is [2H]C(O)(CNC(C([2H])([2H])[2H])C([2H])([2H])[2H])COc1ccc(CCOC)cc1. The summed E-state index contributed by atoms with van der Waals surface area (Å²) in [7, 11) is 1.61. The molecule has 0 aliphatic rings. The molecule has 0 amide bonds. The normalized spacial score (nSPS) is 21.1. The molecule has 0 saturated heterocycles. The van der Waals surface area contributed by atoms with Crippen LogP contribution < -0.4 is 10.1 Å². The molecule has 1 aromatic carbocycles. The van der Waals surface area contributed by atoms with Crippen LogP contribution in [0.25, 0.3) is 0 Å². The molecule has 1 atom stereocenters. The van der Waals surface area contributed by atoms with E-state index in [0.29, 0.717) is 12.4 Å². The summed E-state index contributed by atoms with van der Waals surface area (Å²) < 4.78 is 61.8. The Morgan fingerprint density at radius 2 is 2.11 bits per heavy atom. The fraction of sp³-hybridized carbons (Fsp3) is 0.600. The van der Waals surface area contributed by atoms with Crippen LogP contribution in [-0.2, 0) is 11.2 Å². The van der Waals surface area contributed by atoms with Gasteiger partial charge in [0.2, 0.25) is 0 Å². The van der Waals surface area contributed by atoms with Gasteiger partial charge in [0.05, 0.1) is 7.98 Å². The third-order valence-corrected chi connectivity index (χ3v) is 2.43. The first-order valence-electron chi connectivity index (χ1n) is 9.51. The number of benzene rings is 1. The summed E-state index contributed by atoms with van der Waals surface area (Å²) in [5.74, 6) is 0.431. The van der Waals surface area contributed by atoms with Crippen LogP contribution in [0.15, 0.2) is 24.3 Å². The van der Waals surface area contributed by atoms with E-state index in [1.807, 2.05) is 12.1 Å². The summed E-state index contributed by atoms with van der Waals surface area (Å²) in [6, 6.07) is 5.18. The highest BCUT2D eigenvalue weighted by molar-refractivity contribution is 5.27. The summed E-state index contributed by atoms with van der Waals surface area (Å²) >= 11 is 0. The molecule has 0 heterocycles. The van der Waals surface area contributed by atoms with Crippen LogP contribution in [0.4, 0.5) is 0 Å². The number of nitrogens with one attached hydrogen (secondary N) is 1. The summed E-state index contributed by atoms with van der Waals surface area (Å²) in [5.41, 5.74) is 1.04. The maximum Gasteiger partial charge on any atom is 0.119 e. The lowest BCUT2D eigenvalue weighted by Gasteiger charge is -2.15. The first-order chi connectivity index (χ1) is 11.8. The molecular formula is C15H25NO3. The van der Waals surface area contributed by atoms with E-state index in [2.05, 4.69) is 5.32 Å². The molecule has 2 N–H and O–H groups in total. The Morgan fingerprint density at radius 3 is 2.74 bits per heavy atom.